The third-order valence-corrected chi connectivity index (χ3v) is 1.75. The van der Waals surface area contributed by atoms with Gasteiger partial charge < -0.3 is 4.74 Å². The summed E-state index contributed by atoms with van der Waals surface area (Å²) in [5.74, 6) is 0. The Balaban J connectivity index is 2.15. The Morgan fingerprint density at radius 3 is 2.90 bits per heavy atom. The van der Waals surface area contributed by atoms with E-state index in [9.17, 15) is 0 Å². The summed E-state index contributed by atoms with van der Waals surface area (Å²) >= 11 is 0. The van der Waals surface area contributed by atoms with Crippen molar-refractivity contribution in [2.24, 2.45) is 0 Å². The SMILES string of the molecule is CCON1CCC(OC)C1. The Morgan fingerprint density at radius 1 is 1.60 bits per heavy atom. The van der Waals surface area contributed by atoms with Gasteiger partial charge in [0.2, 0.25) is 0 Å². The van der Waals surface area contributed by atoms with Crippen LogP contribution in [0.5, 0.6) is 0 Å². The molecule has 0 N–H and O–H groups in total. The molecule has 60 valence electrons. The van der Waals surface area contributed by atoms with Gasteiger partial charge in [0.1, 0.15) is 0 Å². The largest absolute Gasteiger partial charge is 0.380 e. The van der Waals surface area contributed by atoms with E-state index >= 15 is 0 Å². The van der Waals surface area contributed by atoms with E-state index < -0.39 is 0 Å². The van der Waals surface area contributed by atoms with Gasteiger partial charge in [-0.2, -0.15) is 5.06 Å². The Morgan fingerprint density at radius 2 is 2.40 bits per heavy atom. The van der Waals surface area contributed by atoms with Gasteiger partial charge in [-0.1, -0.05) is 0 Å². The minimum atomic E-state index is 0.381. The molecule has 1 aliphatic heterocycles. The fourth-order valence-corrected chi connectivity index (χ4v) is 1.19. The molecule has 1 aliphatic rings. The van der Waals surface area contributed by atoms with Crippen LogP contribution in [-0.4, -0.2) is 38.0 Å². The molecule has 0 amide bonds. The quantitative estimate of drug-likeness (QED) is 0.582. The zero-order valence-electron chi connectivity index (χ0n) is 6.67. The molecule has 0 radical (unpaired) electrons. The molecule has 1 heterocycles. The fourth-order valence-electron chi connectivity index (χ4n) is 1.19. The van der Waals surface area contributed by atoms with Crippen LogP contribution in [-0.2, 0) is 9.57 Å². The summed E-state index contributed by atoms with van der Waals surface area (Å²) in [5.41, 5.74) is 0. The fraction of sp³-hybridized carbons (Fsp3) is 1.00. The van der Waals surface area contributed by atoms with Gasteiger partial charge in [0.15, 0.2) is 0 Å². The first-order valence-electron chi connectivity index (χ1n) is 3.77. The second kappa shape index (κ2) is 3.91. The number of ether oxygens (including phenoxy) is 1. The van der Waals surface area contributed by atoms with E-state index in [1.807, 2.05) is 12.0 Å². The van der Waals surface area contributed by atoms with Gasteiger partial charge in [0, 0.05) is 13.7 Å². The molecule has 0 aromatic heterocycles. The number of rotatable bonds is 3. The van der Waals surface area contributed by atoms with Crippen molar-refractivity contribution in [2.45, 2.75) is 19.4 Å². The molecule has 1 atom stereocenters. The second-order valence-electron chi connectivity index (χ2n) is 2.45. The van der Waals surface area contributed by atoms with E-state index in [0.29, 0.717) is 6.10 Å². The van der Waals surface area contributed by atoms with Gasteiger partial charge in [0.05, 0.1) is 19.3 Å². The molecule has 0 aliphatic carbocycles. The van der Waals surface area contributed by atoms with E-state index in [1.54, 1.807) is 7.11 Å². The maximum absolute atomic E-state index is 5.29. The maximum atomic E-state index is 5.29. The van der Waals surface area contributed by atoms with E-state index in [4.69, 9.17) is 9.57 Å². The summed E-state index contributed by atoms with van der Waals surface area (Å²) in [4.78, 5) is 5.29. The molecule has 0 aromatic carbocycles. The molecule has 0 saturated carbocycles. The average Bonchev–Trinajstić information content (AvgIpc) is 2.37. The van der Waals surface area contributed by atoms with E-state index in [1.165, 1.54) is 0 Å². The number of methoxy groups -OCH3 is 1. The third kappa shape index (κ3) is 1.94. The standard InChI is InChI=1S/C7H15NO2/c1-3-10-8-5-4-7(6-8)9-2/h7H,3-6H2,1-2H3. The molecule has 1 saturated heterocycles. The minimum Gasteiger partial charge on any atom is -0.380 e. The van der Waals surface area contributed by atoms with Gasteiger partial charge >= 0.3 is 0 Å². The molecule has 10 heavy (non-hydrogen) atoms. The lowest BCUT2D eigenvalue weighted by Crippen LogP contribution is -2.23. The average molecular weight is 145 g/mol. The van der Waals surface area contributed by atoms with Crippen LogP contribution in [0.1, 0.15) is 13.3 Å². The van der Waals surface area contributed by atoms with E-state index in [0.717, 1.165) is 26.1 Å². The summed E-state index contributed by atoms with van der Waals surface area (Å²) in [6, 6.07) is 0. The lowest BCUT2D eigenvalue weighted by molar-refractivity contribution is -0.143. The Labute approximate surface area is 61.9 Å². The Bertz CT molecular complexity index is 97.6. The summed E-state index contributed by atoms with van der Waals surface area (Å²) in [7, 11) is 1.75. The van der Waals surface area contributed by atoms with Crippen molar-refractivity contribution < 1.29 is 9.57 Å². The number of hydrogen-bond acceptors (Lipinski definition) is 3. The molecule has 0 aromatic rings. The normalized spacial score (nSPS) is 27.6. The summed E-state index contributed by atoms with van der Waals surface area (Å²) in [5, 5.41) is 1.97. The van der Waals surface area contributed by atoms with E-state index in [-0.39, 0.29) is 0 Å². The number of hydroxylamine groups is 2. The summed E-state index contributed by atoms with van der Waals surface area (Å²) in [6.07, 6.45) is 1.47. The third-order valence-electron chi connectivity index (χ3n) is 1.75. The molecule has 3 heteroatoms. The molecular formula is C7H15NO2. The molecule has 1 unspecified atom stereocenters. The second-order valence-corrected chi connectivity index (χ2v) is 2.45. The van der Waals surface area contributed by atoms with Crippen LogP contribution < -0.4 is 0 Å². The molecule has 0 bridgehead atoms. The zero-order valence-corrected chi connectivity index (χ0v) is 6.67. The number of nitrogens with zero attached hydrogens (tertiary/aromatic N) is 1. The van der Waals surface area contributed by atoms with Crippen LogP contribution in [0, 0.1) is 0 Å². The van der Waals surface area contributed by atoms with Crippen LogP contribution in [0.25, 0.3) is 0 Å². The highest BCUT2D eigenvalue weighted by Gasteiger charge is 2.21. The predicted molar refractivity (Wildman–Crippen MR) is 38.6 cm³/mol. The highest BCUT2D eigenvalue weighted by Crippen LogP contribution is 2.11. The smallest absolute Gasteiger partial charge is 0.0734 e. The Kier molecular flexibility index (Phi) is 3.12. The van der Waals surface area contributed by atoms with Crippen LogP contribution in [0.2, 0.25) is 0 Å². The highest BCUT2D eigenvalue weighted by atomic mass is 16.7. The van der Waals surface area contributed by atoms with Crippen molar-refractivity contribution in [1.82, 2.24) is 5.06 Å². The van der Waals surface area contributed by atoms with Crippen molar-refractivity contribution in [3.05, 3.63) is 0 Å². The van der Waals surface area contributed by atoms with Gasteiger partial charge in [0.25, 0.3) is 0 Å². The molecule has 0 spiro atoms. The first kappa shape index (κ1) is 7.98. The van der Waals surface area contributed by atoms with Crippen LogP contribution >= 0.6 is 0 Å². The number of hydrogen-bond donors (Lipinski definition) is 0. The van der Waals surface area contributed by atoms with Crippen molar-refractivity contribution in [1.29, 1.82) is 0 Å². The Hall–Kier alpha value is -0.120. The van der Waals surface area contributed by atoms with Crippen molar-refractivity contribution in [2.75, 3.05) is 26.8 Å². The van der Waals surface area contributed by atoms with Crippen molar-refractivity contribution in [3.63, 3.8) is 0 Å². The first-order chi connectivity index (χ1) is 4.86. The monoisotopic (exact) mass is 145 g/mol. The van der Waals surface area contributed by atoms with Crippen molar-refractivity contribution >= 4 is 0 Å². The summed E-state index contributed by atoms with van der Waals surface area (Å²) in [6.45, 7) is 4.69. The molecular weight excluding hydrogens is 130 g/mol. The zero-order chi connectivity index (χ0) is 7.40. The van der Waals surface area contributed by atoms with Crippen molar-refractivity contribution in [3.8, 4) is 0 Å². The van der Waals surface area contributed by atoms with Gasteiger partial charge in [-0.15, -0.1) is 0 Å². The van der Waals surface area contributed by atoms with Crippen LogP contribution in [0.3, 0.4) is 0 Å². The van der Waals surface area contributed by atoms with Gasteiger partial charge in [-0.25, -0.2) is 0 Å². The highest BCUT2D eigenvalue weighted by molar-refractivity contribution is 4.69. The lowest BCUT2D eigenvalue weighted by atomic mass is 10.3. The molecule has 1 rings (SSSR count). The van der Waals surface area contributed by atoms with Crippen LogP contribution in [0.15, 0.2) is 0 Å². The predicted octanol–water partition coefficient (Wildman–Crippen LogP) is 0.659. The molecule has 3 nitrogen and oxygen atoms in total. The molecule has 1 fully saturated rings. The first-order valence-corrected chi connectivity index (χ1v) is 3.77. The van der Waals surface area contributed by atoms with Gasteiger partial charge in [-0.05, 0) is 13.3 Å². The van der Waals surface area contributed by atoms with E-state index in [2.05, 4.69) is 0 Å². The van der Waals surface area contributed by atoms with Gasteiger partial charge in [-0.3, -0.25) is 4.84 Å². The maximum Gasteiger partial charge on any atom is 0.0734 e. The minimum absolute atomic E-state index is 0.381. The summed E-state index contributed by atoms with van der Waals surface area (Å²) < 4.78 is 5.17. The topological polar surface area (TPSA) is 21.7 Å². The van der Waals surface area contributed by atoms with Crippen LogP contribution in [0.4, 0.5) is 0 Å². The lowest BCUT2D eigenvalue weighted by Gasteiger charge is -2.13.